The number of rotatable bonds is 5. The third-order valence-corrected chi connectivity index (χ3v) is 4.42. The van der Waals surface area contributed by atoms with Gasteiger partial charge in [-0.1, -0.05) is 6.07 Å². The van der Waals surface area contributed by atoms with Gasteiger partial charge in [-0.05, 0) is 25.1 Å². The zero-order valence-electron chi connectivity index (χ0n) is 15.3. The second-order valence-electron chi connectivity index (χ2n) is 6.39. The molecule has 0 unspecified atom stereocenters. The minimum atomic E-state index is 0.635. The van der Waals surface area contributed by atoms with Crippen LogP contribution in [0.5, 0.6) is 0 Å². The van der Waals surface area contributed by atoms with Crippen LogP contribution in [0.15, 0.2) is 48.9 Å². The van der Waals surface area contributed by atoms with Crippen LogP contribution in [0.25, 0.3) is 0 Å². The first-order valence-electron chi connectivity index (χ1n) is 9.04. The van der Waals surface area contributed by atoms with E-state index in [1.165, 1.54) is 0 Å². The van der Waals surface area contributed by atoms with Crippen molar-refractivity contribution in [2.45, 2.75) is 13.5 Å². The zero-order chi connectivity index (χ0) is 18.5. The van der Waals surface area contributed by atoms with E-state index >= 15 is 0 Å². The molecule has 0 amide bonds. The Morgan fingerprint density at radius 3 is 2.26 bits per heavy atom. The molecule has 1 aliphatic rings. The maximum atomic E-state index is 4.70. The molecule has 1 fully saturated rings. The van der Waals surface area contributed by atoms with Gasteiger partial charge < -0.3 is 15.1 Å². The summed E-state index contributed by atoms with van der Waals surface area (Å²) >= 11 is 0. The number of nitrogens with zero attached hydrogens (tertiary/aromatic N) is 7. The smallest absolute Gasteiger partial charge is 0.227 e. The normalized spacial score (nSPS) is 14.3. The Kier molecular flexibility index (Phi) is 5.04. The number of hydrogen-bond donors (Lipinski definition) is 1. The van der Waals surface area contributed by atoms with E-state index in [0.717, 1.165) is 55.3 Å². The van der Waals surface area contributed by atoms with Crippen molar-refractivity contribution in [3.05, 3.63) is 60.3 Å². The highest BCUT2D eigenvalue weighted by molar-refractivity contribution is 5.45. The van der Waals surface area contributed by atoms with Gasteiger partial charge in [0.15, 0.2) is 0 Å². The van der Waals surface area contributed by atoms with Crippen molar-refractivity contribution in [1.82, 2.24) is 24.9 Å². The van der Waals surface area contributed by atoms with Crippen LogP contribution < -0.4 is 15.1 Å². The summed E-state index contributed by atoms with van der Waals surface area (Å²) in [5, 5.41) is 3.35. The Labute approximate surface area is 158 Å². The minimum Gasteiger partial charge on any atom is -0.364 e. The molecule has 4 heterocycles. The van der Waals surface area contributed by atoms with Crippen LogP contribution in [-0.2, 0) is 6.54 Å². The molecule has 138 valence electrons. The molecule has 3 aromatic rings. The van der Waals surface area contributed by atoms with Gasteiger partial charge >= 0.3 is 0 Å². The fourth-order valence-corrected chi connectivity index (χ4v) is 3.03. The average molecular weight is 362 g/mol. The Hall–Kier alpha value is -3.29. The summed E-state index contributed by atoms with van der Waals surface area (Å²) in [4.78, 5) is 26.7. The molecule has 27 heavy (non-hydrogen) atoms. The molecule has 0 bridgehead atoms. The third-order valence-electron chi connectivity index (χ3n) is 4.42. The molecule has 8 nitrogen and oxygen atoms in total. The quantitative estimate of drug-likeness (QED) is 0.737. The maximum absolute atomic E-state index is 4.70. The van der Waals surface area contributed by atoms with Crippen molar-refractivity contribution in [1.29, 1.82) is 0 Å². The highest BCUT2D eigenvalue weighted by Crippen LogP contribution is 2.17. The molecule has 0 saturated carbocycles. The van der Waals surface area contributed by atoms with Crippen LogP contribution in [0, 0.1) is 6.92 Å². The molecule has 0 spiro atoms. The fourth-order valence-electron chi connectivity index (χ4n) is 3.03. The minimum absolute atomic E-state index is 0.635. The molecule has 1 saturated heterocycles. The second-order valence-corrected chi connectivity index (χ2v) is 6.39. The molecule has 3 aromatic heterocycles. The summed E-state index contributed by atoms with van der Waals surface area (Å²) in [6.07, 6.45) is 5.35. The summed E-state index contributed by atoms with van der Waals surface area (Å²) in [6, 6.07) is 9.68. The van der Waals surface area contributed by atoms with Crippen LogP contribution in [0.3, 0.4) is 0 Å². The van der Waals surface area contributed by atoms with E-state index in [4.69, 9.17) is 4.98 Å². The lowest BCUT2D eigenvalue weighted by Gasteiger charge is -2.34. The maximum Gasteiger partial charge on any atom is 0.227 e. The van der Waals surface area contributed by atoms with Gasteiger partial charge in [-0.15, -0.1) is 0 Å². The number of hydrogen-bond acceptors (Lipinski definition) is 8. The molecular weight excluding hydrogens is 340 g/mol. The number of anilines is 3. The van der Waals surface area contributed by atoms with Crippen LogP contribution in [0.4, 0.5) is 17.7 Å². The molecule has 1 N–H and O–H groups in total. The lowest BCUT2D eigenvalue weighted by atomic mass is 10.3. The summed E-state index contributed by atoms with van der Waals surface area (Å²) in [7, 11) is 0. The van der Waals surface area contributed by atoms with Gasteiger partial charge in [0.2, 0.25) is 11.9 Å². The van der Waals surface area contributed by atoms with Crippen LogP contribution >= 0.6 is 0 Å². The lowest BCUT2D eigenvalue weighted by molar-refractivity contribution is 0.627. The van der Waals surface area contributed by atoms with Crippen molar-refractivity contribution < 1.29 is 0 Å². The first kappa shape index (κ1) is 17.1. The van der Waals surface area contributed by atoms with Gasteiger partial charge in [-0.3, -0.25) is 4.98 Å². The molecule has 0 aliphatic carbocycles. The van der Waals surface area contributed by atoms with Crippen molar-refractivity contribution in [3.63, 3.8) is 0 Å². The molecule has 0 atom stereocenters. The Bertz CT molecular complexity index is 863. The second kappa shape index (κ2) is 7.94. The SMILES string of the molecule is Cc1cc(NCc2ccccn2)nc(N2CCN(c3ncccn3)CC2)n1. The Morgan fingerprint density at radius 2 is 1.56 bits per heavy atom. The first-order chi connectivity index (χ1) is 13.3. The van der Waals surface area contributed by atoms with E-state index in [9.17, 15) is 0 Å². The van der Waals surface area contributed by atoms with Crippen LogP contribution in [-0.4, -0.2) is 51.1 Å². The van der Waals surface area contributed by atoms with E-state index in [0.29, 0.717) is 6.54 Å². The lowest BCUT2D eigenvalue weighted by Crippen LogP contribution is -2.47. The van der Waals surface area contributed by atoms with Crippen LogP contribution in [0.1, 0.15) is 11.4 Å². The molecule has 4 rings (SSSR count). The summed E-state index contributed by atoms with van der Waals surface area (Å²) < 4.78 is 0. The summed E-state index contributed by atoms with van der Waals surface area (Å²) in [6.45, 7) is 5.99. The average Bonchev–Trinajstić information content (AvgIpc) is 2.73. The summed E-state index contributed by atoms with van der Waals surface area (Å²) in [5.41, 5.74) is 1.92. The number of aryl methyl sites for hydroxylation is 1. The number of pyridine rings is 1. The predicted molar refractivity (Wildman–Crippen MR) is 105 cm³/mol. The zero-order valence-corrected chi connectivity index (χ0v) is 15.3. The van der Waals surface area contributed by atoms with E-state index in [1.54, 1.807) is 18.6 Å². The highest BCUT2D eigenvalue weighted by Gasteiger charge is 2.21. The van der Waals surface area contributed by atoms with Crippen molar-refractivity contribution >= 4 is 17.7 Å². The number of nitrogens with one attached hydrogen (secondary N) is 1. The van der Waals surface area contributed by atoms with Crippen molar-refractivity contribution in [2.24, 2.45) is 0 Å². The summed E-state index contributed by atoms with van der Waals surface area (Å²) in [5.74, 6) is 2.35. The monoisotopic (exact) mass is 362 g/mol. The Morgan fingerprint density at radius 1 is 0.852 bits per heavy atom. The van der Waals surface area contributed by atoms with Gasteiger partial charge in [-0.25, -0.2) is 15.0 Å². The molecule has 0 radical (unpaired) electrons. The van der Waals surface area contributed by atoms with Gasteiger partial charge in [-0.2, -0.15) is 4.98 Å². The first-order valence-corrected chi connectivity index (χ1v) is 9.04. The van der Waals surface area contributed by atoms with Gasteiger partial charge in [0.05, 0.1) is 12.2 Å². The largest absolute Gasteiger partial charge is 0.364 e. The van der Waals surface area contributed by atoms with Crippen molar-refractivity contribution in [3.8, 4) is 0 Å². The van der Waals surface area contributed by atoms with Gasteiger partial charge in [0.1, 0.15) is 5.82 Å². The molecule has 1 aliphatic heterocycles. The molecule has 0 aromatic carbocycles. The Balaban J connectivity index is 1.41. The third kappa shape index (κ3) is 4.28. The highest BCUT2D eigenvalue weighted by atomic mass is 15.4. The van der Waals surface area contributed by atoms with E-state index in [1.807, 2.05) is 37.3 Å². The number of piperazine rings is 1. The van der Waals surface area contributed by atoms with Crippen molar-refractivity contribution in [2.75, 3.05) is 41.3 Å². The van der Waals surface area contributed by atoms with Crippen LogP contribution in [0.2, 0.25) is 0 Å². The van der Waals surface area contributed by atoms with E-state index < -0.39 is 0 Å². The molecule has 8 heteroatoms. The van der Waals surface area contributed by atoms with Gasteiger partial charge in [0.25, 0.3) is 0 Å². The van der Waals surface area contributed by atoms with Gasteiger partial charge in [0, 0.05) is 56.5 Å². The standard InChI is InChI=1S/C19H22N8/c1-15-13-17(23-14-16-5-2-3-6-20-16)25-19(24-15)27-11-9-26(10-12-27)18-21-7-4-8-22-18/h2-8,13H,9-12,14H2,1H3,(H,23,24,25). The predicted octanol–water partition coefficient (Wildman–Crippen LogP) is 1.91. The van der Waals surface area contributed by atoms with E-state index in [-0.39, 0.29) is 0 Å². The number of aromatic nitrogens is 5. The molecular formula is C19H22N8. The topological polar surface area (TPSA) is 83.0 Å². The fraction of sp³-hybridized carbons (Fsp3) is 0.316. The van der Waals surface area contributed by atoms with E-state index in [2.05, 4.69) is 35.1 Å².